The number of ether oxygens (including phenoxy) is 1. The Hall–Kier alpha value is -1.95. The van der Waals surface area contributed by atoms with Crippen LogP contribution in [-0.2, 0) is 14.8 Å². The summed E-state index contributed by atoms with van der Waals surface area (Å²) < 4.78 is 31.0. The standard InChI is InChI=1S/C12H12N2O5S/c13-7-10-8-14(4-5-19-10)20(17,18)11-3-1-2-9(6-11)12(15)16/h1-3,6,10H,4-5,8H2,(H,15,16). The Labute approximate surface area is 116 Å². The molecular formula is C12H12N2O5S. The van der Waals surface area contributed by atoms with Gasteiger partial charge in [-0.2, -0.15) is 9.57 Å². The fraction of sp³-hybridized carbons (Fsp3) is 0.333. The van der Waals surface area contributed by atoms with Gasteiger partial charge < -0.3 is 9.84 Å². The molecule has 1 N–H and O–H groups in total. The van der Waals surface area contributed by atoms with Crippen LogP contribution in [0, 0.1) is 11.3 Å². The van der Waals surface area contributed by atoms with Crippen LogP contribution in [0.2, 0.25) is 0 Å². The molecule has 20 heavy (non-hydrogen) atoms. The van der Waals surface area contributed by atoms with Crippen LogP contribution in [0.1, 0.15) is 10.4 Å². The average Bonchev–Trinajstić information content (AvgIpc) is 2.47. The molecule has 0 amide bonds. The molecule has 0 spiro atoms. The van der Waals surface area contributed by atoms with Crippen molar-refractivity contribution in [3.63, 3.8) is 0 Å². The topological polar surface area (TPSA) is 108 Å². The molecule has 7 nitrogen and oxygen atoms in total. The zero-order valence-electron chi connectivity index (χ0n) is 10.4. The first-order valence-corrected chi connectivity index (χ1v) is 7.24. The number of carboxylic acid groups (broad SMARTS) is 1. The van der Waals surface area contributed by atoms with Crippen LogP contribution >= 0.6 is 0 Å². The summed E-state index contributed by atoms with van der Waals surface area (Å²) in [4.78, 5) is 10.8. The molecule has 0 aliphatic carbocycles. The van der Waals surface area contributed by atoms with Gasteiger partial charge in [0.05, 0.1) is 29.7 Å². The first-order valence-electron chi connectivity index (χ1n) is 5.80. The summed E-state index contributed by atoms with van der Waals surface area (Å²) in [5, 5.41) is 17.7. The molecule has 1 fully saturated rings. The quantitative estimate of drug-likeness (QED) is 0.859. The van der Waals surface area contributed by atoms with Gasteiger partial charge in [0.25, 0.3) is 0 Å². The summed E-state index contributed by atoms with van der Waals surface area (Å²) in [6.45, 7) is 0.212. The molecule has 106 valence electrons. The van der Waals surface area contributed by atoms with Crippen molar-refractivity contribution in [3.8, 4) is 6.07 Å². The number of morpholine rings is 1. The highest BCUT2D eigenvalue weighted by atomic mass is 32.2. The van der Waals surface area contributed by atoms with Crippen LogP contribution in [-0.4, -0.2) is 49.6 Å². The van der Waals surface area contributed by atoms with E-state index in [4.69, 9.17) is 15.1 Å². The van der Waals surface area contributed by atoms with Crippen molar-refractivity contribution >= 4 is 16.0 Å². The van der Waals surface area contributed by atoms with Gasteiger partial charge in [0, 0.05) is 6.54 Å². The summed E-state index contributed by atoms with van der Waals surface area (Å²) in [6, 6.07) is 6.99. The summed E-state index contributed by atoms with van der Waals surface area (Å²) in [5.74, 6) is -1.20. The first kappa shape index (κ1) is 14.5. The normalized spacial score (nSPS) is 20.2. The molecule has 1 aromatic rings. The predicted molar refractivity (Wildman–Crippen MR) is 67.5 cm³/mol. The van der Waals surface area contributed by atoms with Crippen LogP contribution < -0.4 is 0 Å². The Kier molecular flexibility index (Phi) is 4.04. The Morgan fingerprint density at radius 3 is 2.90 bits per heavy atom. The van der Waals surface area contributed by atoms with Crippen molar-refractivity contribution in [2.75, 3.05) is 19.7 Å². The minimum Gasteiger partial charge on any atom is -0.478 e. The van der Waals surface area contributed by atoms with Gasteiger partial charge in [0.15, 0.2) is 6.10 Å². The number of benzene rings is 1. The fourth-order valence-corrected chi connectivity index (χ4v) is 3.33. The average molecular weight is 296 g/mol. The van der Waals surface area contributed by atoms with Gasteiger partial charge in [0.1, 0.15) is 0 Å². The fourth-order valence-electron chi connectivity index (χ4n) is 1.86. The first-order chi connectivity index (χ1) is 9.45. The SMILES string of the molecule is N#CC1CN(S(=O)(=O)c2cccc(C(=O)O)c2)CCO1. The molecule has 1 heterocycles. The zero-order valence-corrected chi connectivity index (χ0v) is 11.2. The lowest BCUT2D eigenvalue weighted by Crippen LogP contribution is -2.45. The second kappa shape index (κ2) is 5.58. The molecule has 8 heteroatoms. The van der Waals surface area contributed by atoms with Gasteiger partial charge in [-0.3, -0.25) is 0 Å². The maximum atomic E-state index is 12.4. The molecule has 1 aliphatic rings. The van der Waals surface area contributed by atoms with Crippen LogP contribution in [0.15, 0.2) is 29.2 Å². The highest BCUT2D eigenvalue weighted by Crippen LogP contribution is 2.19. The maximum absolute atomic E-state index is 12.4. The monoisotopic (exact) mass is 296 g/mol. The molecule has 0 saturated carbocycles. The summed E-state index contributed by atoms with van der Waals surface area (Å²) in [7, 11) is -3.82. The molecule has 2 rings (SSSR count). The highest BCUT2D eigenvalue weighted by molar-refractivity contribution is 7.89. The van der Waals surface area contributed by atoms with Gasteiger partial charge in [-0.15, -0.1) is 0 Å². The summed E-state index contributed by atoms with van der Waals surface area (Å²) in [5.41, 5.74) is -0.101. The smallest absolute Gasteiger partial charge is 0.335 e. The number of carboxylic acids is 1. The van der Waals surface area contributed by atoms with Crippen LogP contribution in [0.4, 0.5) is 0 Å². The van der Waals surface area contributed by atoms with E-state index in [0.29, 0.717) is 0 Å². The lowest BCUT2D eigenvalue weighted by Gasteiger charge is -2.28. The van der Waals surface area contributed by atoms with Crippen LogP contribution in [0.3, 0.4) is 0 Å². The molecule has 1 atom stereocenters. The number of hydrogen-bond donors (Lipinski definition) is 1. The minimum absolute atomic E-state index is 0.0594. The Bertz CT molecular complexity index is 665. The molecule has 1 unspecified atom stereocenters. The van der Waals surface area contributed by atoms with Crippen LogP contribution in [0.5, 0.6) is 0 Å². The molecule has 0 radical (unpaired) electrons. The number of nitriles is 1. The van der Waals surface area contributed by atoms with Gasteiger partial charge in [-0.1, -0.05) is 6.07 Å². The zero-order chi connectivity index (χ0) is 14.8. The third kappa shape index (κ3) is 2.80. The number of sulfonamides is 1. The third-order valence-electron chi connectivity index (χ3n) is 2.89. The number of aromatic carboxylic acids is 1. The molecule has 0 bridgehead atoms. The van der Waals surface area contributed by atoms with E-state index in [-0.39, 0.29) is 30.2 Å². The van der Waals surface area contributed by atoms with E-state index < -0.39 is 22.1 Å². The Morgan fingerprint density at radius 2 is 2.25 bits per heavy atom. The Morgan fingerprint density at radius 1 is 1.50 bits per heavy atom. The van der Waals surface area contributed by atoms with Gasteiger partial charge in [0.2, 0.25) is 10.0 Å². The number of carbonyl (C=O) groups is 1. The molecule has 0 aromatic heterocycles. The van der Waals surface area contributed by atoms with Crippen molar-refractivity contribution in [2.24, 2.45) is 0 Å². The molecule has 1 saturated heterocycles. The number of rotatable bonds is 3. The summed E-state index contributed by atoms with van der Waals surface area (Å²) >= 11 is 0. The summed E-state index contributed by atoms with van der Waals surface area (Å²) in [6.07, 6.45) is -0.804. The molecule has 1 aliphatic heterocycles. The van der Waals surface area contributed by atoms with E-state index in [9.17, 15) is 13.2 Å². The van der Waals surface area contributed by atoms with Crippen molar-refractivity contribution in [3.05, 3.63) is 29.8 Å². The second-order valence-corrected chi connectivity index (χ2v) is 6.12. The minimum atomic E-state index is -3.82. The number of nitrogens with zero attached hydrogens (tertiary/aromatic N) is 2. The number of hydrogen-bond acceptors (Lipinski definition) is 5. The van der Waals surface area contributed by atoms with Gasteiger partial charge in [-0.25, -0.2) is 13.2 Å². The van der Waals surface area contributed by atoms with Crippen molar-refractivity contribution in [2.45, 2.75) is 11.0 Å². The van der Waals surface area contributed by atoms with Crippen molar-refractivity contribution < 1.29 is 23.1 Å². The lowest BCUT2D eigenvalue weighted by atomic mass is 10.2. The van der Waals surface area contributed by atoms with E-state index in [1.54, 1.807) is 0 Å². The molecular weight excluding hydrogens is 284 g/mol. The van der Waals surface area contributed by atoms with E-state index >= 15 is 0 Å². The maximum Gasteiger partial charge on any atom is 0.335 e. The van der Waals surface area contributed by atoms with Gasteiger partial charge >= 0.3 is 5.97 Å². The van der Waals surface area contributed by atoms with E-state index in [1.165, 1.54) is 18.2 Å². The largest absolute Gasteiger partial charge is 0.478 e. The van der Waals surface area contributed by atoms with E-state index in [2.05, 4.69) is 0 Å². The van der Waals surface area contributed by atoms with Gasteiger partial charge in [-0.05, 0) is 18.2 Å². The molecule has 1 aromatic carbocycles. The van der Waals surface area contributed by atoms with E-state index in [1.807, 2.05) is 6.07 Å². The lowest BCUT2D eigenvalue weighted by molar-refractivity contribution is 0.0311. The Balaban J connectivity index is 2.33. The van der Waals surface area contributed by atoms with Crippen LogP contribution in [0.25, 0.3) is 0 Å². The predicted octanol–water partition coefficient (Wildman–Crippen LogP) is 0.298. The third-order valence-corrected chi connectivity index (χ3v) is 4.75. The van der Waals surface area contributed by atoms with Crippen molar-refractivity contribution in [1.82, 2.24) is 4.31 Å². The van der Waals surface area contributed by atoms with E-state index in [0.717, 1.165) is 10.4 Å². The second-order valence-electron chi connectivity index (χ2n) is 4.18. The van der Waals surface area contributed by atoms with Crippen molar-refractivity contribution in [1.29, 1.82) is 5.26 Å². The highest BCUT2D eigenvalue weighted by Gasteiger charge is 2.31.